The van der Waals surface area contributed by atoms with Crippen LogP contribution in [0.25, 0.3) is 11.1 Å². The summed E-state index contributed by atoms with van der Waals surface area (Å²) in [6.45, 7) is 2.35. The van der Waals surface area contributed by atoms with E-state index in [1.54, 1.807) is 0 Å². The molecule has 3 aromatic rings. The third-order valence-corrected chi connectivity index (χ3v) is 11.3. The van der Waals surface area contributed by atoms with Crippen molar-refractivity contribution in [2.75, 3.05) is 5.50 Å². The summed E-state index contributed by atoms with van der Waals surface area (Å²) in [6.07, 6.45) is 0. The molecule has 0 spiro atoms. The molecule has 0 aliphatic rings. The maximum absolute atomic E-state index is 6.36. The molecule has 21 heavy (non-hydrogen) atoms. The van der Waals surface area contributed by atoms with Gasteiger partial charge in [0.05, 0.1) is 0 Å². The van der Waals surface area contributed by atoms with Crippen LogP contribution in [0.2, 0.25) is 6.55 Å². The molecule has 2 aromatic carbocycles. The van der Waals surface area contributed by atoms with Gasteiger partial charge in [0.2, 0.25) is 0 Å². The number of rotatable bonds is 4. The first-order chi connectivity index (χ1) is 10.2. The first-order valence-corrected chi connectivity index (χ1v) is 11.1. The summed E-state index contributed by atoms with van der Waals surface area (Å²) in [5.41, 5.74) is 3.24. The Bertz CT molecular complexity index is 692. The Kier molecular flexibility index (Phi) is 4.29. The predicted molar refractivity (Wildman–Crippen MR) is 97.8 cm³/mol. The van der Waals surface area contributed by atoms with Crippen LogP contribution >= 0.6 is 22.9 Å². The molecule has 0 saturated heterocycles. The van der Waals surface area contributed by atoms with Crippen LogP contribution < -0.4 is 9.69 Å². The van der Waals surface area contributed by atoms with Gasteiger partial charge in [-0.3, -0.25) is 0 Å². The van der Waals surface area contributed by atoms with E-state index in [2.05, 4.69) is 72.6 Å². The average Bonchev–Trinajstić information content (AvgIpc) is 3.10. The molecule has 1 atom stereocenters. The summed E-state index contributed by atoms with van der Waals surface area (Å²) < 4.78 is 1.45. The van der Waals surface area contributed by atoms with Crippen molar-refractivity contribution in [3.8, 4) is 11.1 Å². The van der Waals surface area contributed by atoms with Crippen LogP contribution in [0.15, 0.2) is 72.1 Å². The molecule has 0 saturated carbocycles. The van der Waals surface area contributed by atoms with Crippen LogP contribution in [0, 0.1) is 0 Å². The summed E-state index contributed by atoms with van der Waals surface area (Å²) in [6, 6.07) is 23.8. The van der Waals surface area contributed by atoms with Crippen molar-refractivity contribution in [3.63, 3.8) is 0 Å². The van der Waals surface area contributed by atoms with Gasteiger partial charge in [0.1, 0.15) is 8.07 Å². The molecule has 0 radical (unpaired) electrons. The topological polar surface area (TPSA) is 0 Å². The van der Waals surface area contributed by atoms with E-state index in [-0.39, 0.29) is 0 Å². The molecule has 0 unspecified atom stereocenters. The van der Waals surface area contributed by atoms with Crippen molar-refractivity contribution in [2.45, 2.75) is 6.55 Å². The van der Waals surface area contributed by atoms with Gasteiger partial charge in [-0.1, -0.05) is 78.5 Å². The molecule has 0 bridgehead atoms. The molecule has 0 nitrogen and oxygen atoms in total. The van der Waals surface area contributed by atoms with Gasteiger partial charge < -0.3 is 0 Å². The number of alkyl halides is 1. The van der Waals surface area contributed by atoms with Gasteiger partial charge in [-0.15, -0.1) is 11.6 Å². The second-order valence-corrected chi connectivity index (χ2v) is 11.5. The summed E-state index contributed by atoms with van der Waals surface area (Å²) in [4.78, 5) is 0. The molecule has 3 heteroatoms. The van der Waals surface area contributed by atoms with Crippen molar-refractivity contribution < 1.29 is 0 Å². The van der Waals surface area contributed by atoms with Crippen molar-refractivity contribution in [1.29, 1.82) is 0 Å². The fourth-order valence-corrected chi connectivity index (χ4v) is 7.88. The lowest BCUT2D eigenvalue weighted by molar-refractivity contribution is 1.62. The number of halogens is 1. The predicted octanol–water partition coefficient (Wildman–Crippen LogP) is 4.39. The average molecular weight is 329 g/mol. The Hall–Kier alpha value is -1.35. The Morgan fingerprint density at radius 2 is 1.52 bits per heavy atom. The number of hydrogen-bond acceptors (Lipinski definition) is 1. The molecule has 1 heterocycles. The SMILES string of the molecule is C[Si@@](CCl)(c1ccc(-c2ccccc2)cc1)c1cccs1. The molecular weight excluding hydrogens is 312 g/mol. The monoisotopic (exact) mass is 328 g/mol. The second-order valence-electron chi connectivity index (χ2n) is 5.39. The van der Waals surface area contributed by atoms with Gasteiger partial charge in [-0.25, -0.2) is 0 Å². The summed E-state index contributed by atoms with van der Waals surface area (Å²) in [7, 11) is -1.76. The number of hydrogen-bond donors (Lipinski definition) is 0. The van der Waals surface area contributed by atoms with Crippen LogP contribution in [-0.2, 0) is 0 Å². The summed E-state index contributed by atoms with van der Waals surface area (Å²) in [5.74, 6) is 0. The highest BCUT2D eigenvalue weighted by Gasteiger charge is 2.31. The molecule has 0 aliphatic carbocycles. The van der Waals surface area contributed by atoms with Gasteiger partial charge in [-0.05, 0) is 21.0 Å². The lowest BCUT2D eigenvalue weighted by Gasteiger charge is -2.24. The van der Waals surface area contributed by atoms with Crippen LogP contribution in [0.4, 0.5) is 0 Å². The zero-order valence-corrected chi connectivity index (χ0v) is 14.5. The van der Waals surface area contributed by atoms with E-state index >= 15 is 0 Å². The highest BCUT2D eigenvalue weighted by atomic mass is 35.5. The van der Waals surface area contributed by atoms with E-state index < -0.39 is 8.07 Å². The van der Waals surface area contributed by atoms with Crippen molar-refractivity contribution >= 4 is 40.7 Å². The van der Waals surface area contributed by atoms with E-state index in [9.17, 15) is 0 Å². The third-order valence-electron chi connectivity index (χ3n) is 3.96. The minimum absolute atomic E-state index is 0.720. The van der Waals surface area contributed by atoms with E-state index in [1.165, 1.54) is 20.8 Å². The van der Waals surface area contributed by atoms with Gasteiger partial charge in [0.15, 0.2) is 0 Å². The van der Waals surface area contributed by atoms with Crippen molar-refractivity contribution in [3.05, 3.63) is 72.1 Å². The Labute approximate surface area is 136 Å². The lowest BCUT2D eigenvalue weighted by Crippen LogP contribution is -2.56. The molecule has 3 rings (SSSR count). The van der Waals surface area contributed by atoms with Crippen LogP contribution in [-0.4, -0.2) is 13.6 Å². The quantitative estimate of drug-likeness (QED) is 0.492. The first-order valence-electron chi connectivity index (χ1n) is 7.00. The smallest absolute Gasteiger partial charge is 0.141 e. The number of thiophene rings is 1. The normalized spacial score (nSPS) is 13.8. The van der Waals surface area contributed by atoms with Crippen LogP contribution in [0.3, 0.4) is 0 Å². The van der Waals surface area contributed by atoms with Crippen molar-refractivity contribution in [1.82, 2.24) is 0 Å². The maximum atomic E-state index is 6.36. The Morgan fingerprint density at radius 3 is 2.10 bits per heavy atom. The molecule has 0 fully saturated rings. The molecule has 1 aromatic heterocycles. The molecule has 106 valence electrons. The lowest BCUT2D eigenvalue weighted by atomic mass is 10.1. The van der Waals surface area contributed by atoms with Gasteiger partial charge in [0, 0.05) is 5.50 Å². The van der Waals surface area contributed by atoms with Crippen LogP contribution in [0.1, 0.15) is 0 Å². The van der Waals surface area contributed by atoms with Crippen LogP contribution in [0.5, 0.6) is 0 Å². The van der Waals surface area contributed by atoms with Crippen molar-refractivity contribution in [2.24, 2.45) is 0 Å². The standard InChI is InChI=1S/C18H17ClSSi/c1-21(14-19,18-8-5-13-20-18)17-11-9-16(10-12-17)15-6-3-2-4-7-15/h2-13H,14H2,1H3/t21-/m1/s1. The Morgan fingerprint density at radius 1 is 0.857 bits per heavy atom. The second kappa shape index (κ2) is 6.18. The van der Waals surface area contributed by atoms with E-state index in [1.807, 2.05) is 17.4 Å². The largest absolute Gasteiger partial charge is 0.153 e. The highest BCUT2D eigenvalue weighted by molar-refractivity contribution is 7.29. The van der Waals surface area contributed by atoms with E-state index in [4.69, 9.17) is 11.6 Å². The van der Waals surface area contributed by atoms with E-state index in [0.29, 0.717) is 0 Å². The Balaban J connectivity index is 1.97. The third kappa shape index (κ3) is 2.84. The maximum Gasteiger partial charge on any atom is 0.141 e. The minimum Gasteiger partial charge on any atom is -0.153 e. The van der Waals surface area contributed by atoms with Gasteiger partial charge in [-0.2, -0.15) is 11.3 Å². The minimum atomic E-state index is -1.76. The highest BCUT2D eigenvalue weighted by Crippen LogP contribution is 2.19. The van der Waals surface area contributed by atoms with E-state index in [0.717, 1.165) is 5.50 Å². The fraction of sp³-hybridized carbons (Fsp3) is 0.111. The first kappa shape index (κ1) is 14.6. The summed E-state index contributed by atoms with van der Waals surface area (Å²) >= 11 is 8.19. The molecular formula is C18H17ClSSi. The summed E-state index contributed by atoms with van der Waals surface area (Å²) in [5, 5.41) is 3.55. The molecule has 0 N–H and O–H groups in total. The van der Waals surface area contributed by atoms with Gasteiger partial charge in [0.25, 0.3) is 0 Å². The molecule has 0 amide bonds. The zero-order valence-electron chi connectivity index (χ0n) is 11.9. The number of benzene rings is 2. The zero-order chi connectivity index (χ0) is 14.7. The van der Waals surface area contributed by atoms with Gasteiger partial charge >= 0.3 is 0 Å². The fourth-order valence-electron chi connectivity index (χ4n) is 2.54. The molecule has 0 aliphatic heterocycles.